The summed E-state index contributed by atoms with van der Waals surface area (Å²) in [7, 11) is 0. The fourth-order valence-electron chi connectivity index (χ4n) is 2.40. The molecule has 4 heteroatoms. The molecule has 4 nitrogen and oxygen atoms in total. The fourth-order valence-corrected chi connectivity index (χ4v) is 2.40. The Morgan fingerprint density at radius 3 is 2.30 bits per heavy atom. The van der Waals surface area contributed by atoms with Crippen LogP contribution in [0.15, 0.2) is 0 Å². The maximum Gasteiger partial charge on any atom is 0.163 e. The predicted octanol–water partition coefficient (Wildman–Crippen LogP) is 3.80. The number of ether oxygens (including phenoxy) is 2. The van der Waals surface area contributed by atoms with Crippen molar-refractivity contribution in [1.29, 1.82) is 0 Å². The molecular formula is C16H33NO3. The van der Waals surface area contributed by atoms with Crippen LogP contribution in [0.1, 0.15) is 72.1 Å². The summed E-state index contributed by atoms with van der Waals surface area (Å²) in [6.07, 6.45) is 10.8. The summed E-state index contributed by atoms with van der Waals surface area (Å²) < 4.78 is 11.1. The first-order valence-electron chi connectivity index (χ1n) is 8.30. The number of nitrogens with one attached hydrogen (secondary N) is 1. The van der Waals surface area contributed by atoms with E-state index in [2.05, 4.69) is 12.4 Å². The van der Waals surface area contributed by atoms with E-state index in [1.165, 1.54) is 51.4 Å². The summed E-state index contributed by atoms with van der Waals surface area (Å²) in [5.74, 6) is -0.453. The monoisotopic (exact) mass is 287 g/mol. The van der Waals surface area contributed by atoms with Crippen LogP contribution in [0.5, 0.6) is 0 Å². The molecule has 0 aromatic carbocycles. The van der Waals surface area contributed by atoms with Gasteiger partial charge in [0.2, 0.25) is 0 Å². The highest BCUT2D eigenvalue weighted by molar-refractivity contribution is 4.69. The molecule has 0 radical (unpaired) electrons. The Kier molecular flexibility index (Phi) is 9.44. The highest BCUT2D eigenvalue weighted by Gasteiger charge is 2.32. The fraction of sp³-hybridized carbons (Fsp3) is 1.00. The van der Waals surface area contributed by atoms with Crippen molar-refractivity contribution in [2.75, 3.05) is 19.8 Å². The number of unbranched alkanes of at least 4 members (excludes halogenated alkanes) is 7. The average Bonchev–Trinajstić information content (AvgIpc) is 2.75. The molecule has 1 unspecified atom stereocenters. The lowest BCUT2D eigenvalue weighted by Crippen LogP contribution is -2.27. The Bertz CT molecular complexity index is 234. The van der Waals surface area contributed by atoms with E-state index in [1.807, 2.05) is 13.8 Å². The minimum atomic E-state index is -0.453. The van der Waals surface area contributed by atoms with Gasteiger partial charge in [-0.2, -0.15) is 0 Å². The van der Waals surface area contributed by atoms with Gasteiger partial charge < -0.3 is 9.47 Å². The van der Waals surface area contributed by atoms with E-state index < -0.39 is 5.79 Å². The Morgan fingerprint density at radius 2 is 1.70 bits per heavy atom. The molecule has 1 fully saturated rings. The minimum absolute atomic E-state index is 0.0519. The van der Waals surface area contributed by atoms with Gasteiger partial charge in [-0.05, 0) is 20.3 Å². The van der Waals surface area contributed by atoms with Crippen molar-refractivity contribution >= 4 is 0 Å². The largest absolute Gasteiger partial charge is 0.348 e. The van der Waals surface area contributed by atoms with Crippen LogP contribution in [-0.2, 0) is 14.3 Å². The van der Waals surface area contributed by atoms with Crippen LogP contribution in [0.4, 0.5) is 0 Å². The van der Waals surface area contributed by atoms with Gasteiger partial charge in [0.15, 0.2) is 5.79 Å². The molecule has 1 aliphatic heterocycles. The first kappa shape index (κ1) is 17.9. The van der Waals surface area contributed by atoms with Crippen molar-refractivity contribution in [2.45, 2.75) is 84.0 Å². The maximum atomic E-state index is 5.65. The second kappa shape index (κ2) is 10.6. The topological polar surface area (TPSA) is 39.7 Å². The van der Waals surface area contributed by atoms with Crippen LogP contribution in [-0.4, -0.2) is 31.6 Å². The molecule has 1 atom stereocenters. The summed E-state index contributed by atoms with van der Waals surface area (Å²) in [6.45, 7) is 8.22. The first-order chi connectivity index (χ1) is 9.64. The molecule has 1 heterocycles. The molecule has 0 aliphatic carbocycles. The molecule has 0 amide bonds. The highest BCUT2D eigenvalue weighted by atomic mass is 16.8. The molecule has 120 valence electrons. The zero-order chi connectivity index (χ0) is 14.7. The maximum absolute atomic E-state index is 5.65. The van der Waals surface area contributed by atoms with Gasteiger partial charge in [0.1, 0.15) is 6.10 Å². The minimum Gasteiger partial charge on any atom is -0.348 e. The molecule has 0 bridgehead atoms. The lowest BCUT2D eigenvalue weighted by molar-refractivity contribution is -0.148. The Hall–Kier alpha value is -0.160. The zero-order valence-corrected chi connectivity index (χ0v) is 13.6. The van der Waals surface area contributed by atoms with Gasteiger partial charge in [0.25, 0.3) is 0 Å². The molecule has 0 aromatic heterocycles. The Morgan fingerprint density at radius 1 is 1.05 bits per heavy atom. The number of hydrogen-bond acceptors (Lipinski definition) is 4. The van der Waals surface area contributed by atoms with Crippen LogP contribution in [0, 0.1) is 0 Å². The second-order valence-corrected chi connectivity index (χ2v) is 6.13. The Labute approximate surface area is 124 Å². The molecule has 1 N–H and O–H groups in total. The molecule has 1 rings (SSSR count). The van der Waals surface area contributed by atoms with E-state index in [4.69, 9.17) is 14.3 Å². The molecule has 0 spiro atoms. The average molecular weight is 287 g/mol. The van der Waals surface area contributed by atoms with Crippen LogP contribution in [0.25, 0.3) is 0 Å². The van der Waals surface area contributed by atoms with Crippen LogP contribution >= 0.6 is 0 Å². The third kappa shape index (κ3) is 8.90. The van der Waals surface area contributed by atoms with Gasteiger partial charge >= 0.3 is 0 Å². The van der Waals surface area contributed by atoms with E-state index >= 15 is 0 Å². The Balaban J connectivity index is 1.77. The summed E-state index contributed by atoms with van der Waals surface area (Å²) >= 11 is 0. The lowest BCUT2D eigenvalue weighted by atomic mass is 10.1. The quantitative estimate of drug-likeness (QED) is 0.438. The molecule has 1 aliphatic rings. The molecule has 0 saturated carbocycles. The van der Waals surface area contributed by atoms with Crippen LogP contribution in [0.3, 0.4) is 0 Å². The number of rotatable bonds is 12. The van der Waals surface area contributed by atoms with Gasteiger partial charge in [-0.1, -0.05) is 51.9 Å². The smallest absolute Gasteiger partial charge is 0.163 e. The summed E-state index contributed by atoms with van der Waals surface area (Å²) in [5.41, 5.74) is 3.02. The summed E-state index contributed by atoms with van der Waals surface area (Å²) in [4.78, 5) is 5.42. The van der Waals surface area contributed by atoms with Crippen molar-refractivity contribution in [2.24, 2.45) is 0 Å². The van der Waals surface area contributed by atoms with Crippen molar-refractivity contribution in [3.8, 4) is 0 Å². The van der Waals surface area contributed by atoms with Gasteiger partial charge in [-0.25, -0.2) is 5.48 Å². The van der Waals surface area contributed by atoms with Gasteiger partial charge in [-0.15, -0.1) is 0 Å². The lowest BCUT2D eigenvalue weighted by Gasteiger charge is -2.17. The SMILES string of the molecule is CCCCCCCCCCNOCC1COC(C)(C)O1. The molecule has 20 heavy (non-hydrogen) atoms. The van der Waals surface area contributed by atoms with Gasteiger partial charge in [0, 0.05) is 6.54 Å². The second-order valence-electron chi connectivity index (χ2n) is 6.13. The third-order valence-corrected chi connectivity index (χ3v) is 3.57. The molecular weight excluding hydrogens is 254 g/mol. The van der Waals surface area contributed by atoms with Crippen LogP contribution in [0.2, 0.25) is 0 Å². The van der Waals surface area contributed by atoms with Crippen molar-refractivity contribution in [1.82, 2.24) is 5.48 Å². The van der Waals surface area contributed by atoms with E-state index in [9.17, 15) is 0 Å². The molecule has 1 saturated heterocycles. The van der Waals surface area contributed by atoms with Crippen molar-refractivity contribution in [3.05, 3.63) is 0 Å². The van der Waals surface area contributed by atoms with E-state index in [1.54, 1.807) is 0 Å². The third-order valence-electron chi connectivity index (χ3n) is 3.57. The highest BCUT2D eigenvalue weighted by Crippen LogP contribution is 2.21. The normalized spacial score (nSPS) is 21.4. The van der Waals surface area contributed by atoms with Gasteiger partial charge in [0.05, 0.1) is 13.2 Å². The number of hydroxylamine groups is 1. The van der Waals surface area contributed by atoms with Crippen molar-refractivity contribution in [3.63, 3.8) is 0 Å². The first-order valence-corrected chi connectivity index (χ1v) is 8.30. The zero-order valence-electron chi connectivity index (χ0n) is 13.6. The van der Waals surface area contributed by atoms with Gasteiger partial charge in [-0.3, -0.25) is 4.84 Å². The van der Waals surface area contributed by atoms with Crippen LogP contribution < -0.4 is 5.48 Å². The van der Waals surface area contributed by atoms with Crippen molar-refractivity contribution < 1.29 is 14.3 Å². The summed E-state index contributed by atoms with van der Waals surface area (Å²) in [5, 5.41) is 0. The van der Waals surface area contributed by atoms with E-state index in [0.29, 0.717) is 13.2 Å². The predicted molar refractivity (Wildman–Crippen MR) is 81.5 cm³/mol. The van der Waals surface area contributed by atoms with E-state index in [0.717, 1.165) is 6.54 Å². The summed E-state index contributed by atoms with van der Waals surface area (Å²) in [6, 6.07) is 0. The molecule has 0 aromatic rings. The number of hydrogen-bond donors (Lipinski definition) is 1. The van der Waals surface area contributed by atoms with E-state index in [-0.39, 0.29) is 6.10 Å². The standard InChI is InChI=1S/C16H33NO3/c1-4-5-6-7-8-9-10-11-12-17-19-14-15-13-18-16(2,3)20-15/h15,17H,4-14H2,1-3H3.